The van der Waals surface area contributed by atoms with Gasteiger partial charge in [-0.25, -0.2) is 9.78 Å². The van der Waals surface area contributed by atoms with E-state index in [4.69, 9.17) is 9.52 Å². The second kappa shape index (κ2) is 4.20. The van der Waals surface area contributed by atoms with Crippen molar-refractivity contribution in [2.45, 2.75) is 6.92 Å². The molecular formula is C14H10N2O3. The van der Waals surface area contributed by atoms with Crippen LogP contribution in [-0.4, -0.2) is 21.0 Å². The molecule has 0 unspecified atom stereocenters. The minimum atomic E-state index is -1.01. The number of rotatable bonds is 2. The second-order valence-electron chi connectivity index (χ2n) is 4.14. The van der Waals surface area contributed by atoms with Crippen LogP contribution in [0.3, 0.4) is 0 Å². The van der Waals surface area contributed by atoms with E-state index in [1.807, 2.05) is 13.0 Å². The highest BCUT2D eigenvalue weighted by atomic mass is 16.4. The third-order valence-corrected chi connectivity index (χ3v) is 2.78. The third-order valence-electron chi connectivity index (χ3n) is 2.78. The molecule has 0 fully saturated rings. The Labute approximate surface area is 108 Å². The predicted octanol–water partition coefficient (Wildman–Crippen LogP) is 2.90. The summed E-state index contributed by atoms with van der Waals surface area (Å²) in [5, 5.41) is 9.16. The molecule has 0 saturated carbocycles. The lowest BCUT2D eigenvalue weighted by Gasteiger charge is -2.00. The van der Waals surface area contributed by atoms with Gasteiger partial charge in [-0.1, -0.05) is 12.1 Å². The molecule has 3 rings (SSSR count). The number of carboxylic acid groups (broad SMARTS) is 1. The molecule has 0 radical (unpaired) electrons. The molecule has 2 aromatic heterocycles. The van der Waals surface area contributed by atoms with Gasteiger partial charge in [0.15, 0.2) is 11.2 Å². The molecule has 0 spiro atoms. The van der Waals surface area contributed by atoms with E-state index in [0.29, 0.717) is 16.8 Å². The summed E-state index contributed by atoms with van der Waals surface area (Å²) in [6.07, 6.45) is 0. The summed E-state index contributed by atoms with van der Waals surface area (Å²) in [6.45, 7) is 1.86. The Balaban J connectivity index is 2.22. The molecule has 0 bridgehead atoms. The van der Waals surface area contributed by atoms with Crippen molar-refractivity contribution in [3.63, 3.8) is 0 Å². The van der Waals surface area contributed by atoms with Crippen molar-refractivity contribution >= 4 is 17.2 Å². The Bertz CT molecular complexity index is 777. The predicted molar refractivity (Wildman–Crippen MR) is 68.9 cm³/mol. The van der Waals surface area contributed by atoms with E-state index in [-0.39, 0.29) is 11.5 Å². The van der Waals surface area contributed by atoms with Crippen LogP contribution in [0.2, 0.25) is 0 Å². The zero-order chi connectivity index (χ0) is 13.4. The molecular weight excluding hydrogens is 244 g/mol. The lowest BCUT2D eigenvalue weighted by molar-refractivity contribution is 0.0697. The summed E-state index contributed by atoms with van der Waals surface area (Å²) < 4.78 is 5.56. The zero-order valence-corrected chi connectivity index (χ0v) is 10.1. The minimum Gasteiger partial charge on any atom is -0.478 e. The van der Waals surface area contributed by atoms with Crippen LogP contribution in [0.25, 0.3) is 22.7 Å². The monoisotopic (exact) mass is 254 g/mol. The van der Waals surface area contributed by atoms with Crippen molar-refractivity contribution in [1.82, 2.24) is 9.97 Å². The molecule has 94 valence electrons. The smallest absolute Gasteiger partial charge is 0.336 e. The number of pyridine rings is 1. The highest BCUT2D eigenvalue weighted by Crippen LogP contribution is 2.26. The average Bonchev–Trinajstić information content (AvgIpc) is 2.81. The summed E-state index contributed by atoms with van der Waals surface area (Å²) in [5.74, 6) is -0.743. The largest absolute Gasteiger partial charge is 0.478 e. The van der Waals surface area contributed by atoms with E-state index in [0.717, 1.165) is 5.69 Å². The summed E-state index contributed by atoms with van der Waals surface area (Å²) in [5.41, 5.74) is 2.46. The summed E-state index contributed by atoms with van der Waals surface area (Å²) >= 11 is 0. The van der Waals surface area contributed by atoms with Gasteiger partial charge >= 0.3 is 5.97 Å². The van der Waals surface area contributed by atoms with Crippen molar-refractivity contribution in [2.75, 3.05) is 0 Å². The van der Waals surface area contributed by atoms with Crippen molar-refractivity contribution < 1.29 is 14.3 Å². The van der Waals surface area contributed by atoms with Crippen LogP contribution < -0.4 is 0 Å². The Hall–Kier alpha value is -2.69. The van der Waals surface area contributed by atoms with Gasteiger partial charge in [-0.2, -0.15) is 4.98 Å². The SMILES string of the molecule is Cc1ccc2oc(-c3ccccc3C(=O)O)nc2n1. The quantitative estimate of drug-likeness (QED) is 0.760. The third kappa shape index (κ3) is 1.95. The van der Waals surface area contributed by atoms with Gasteiger partial charge in [-0.05, 0) is 31.2 Å². The summed E-state index contributed by atoms with van der Waals surface area (Å²) in [7, 11) is 0. The first kappa shape index (κ1) is 11.4. The lowest BCUT2D eigenvalue weighted by atomic mass is 10.1. The van der Waals surface area contributed by atoms with Crippen molar-refractivity contribution in [3.05, 3.63) is 47.7 Å². The van der Waals surface area contributed by atoms with Crippen LogP contribution >= 0.6 is 0 Å². The molecule has 0 aliphatic carbocycles. The van der Waals surface area contributed by atoms with E-state index in [9.17, 15) is 4.79 Å². The number of oxazole rings is 1. The topological polar surface area (TPSA) is 76.2 Å². The van der Waals surface area contributed by atoms with Crippen LogP contribution in [0.15, 0.2) is 40.8 Å². The maximum atomic E-state index is 11.2. The molecule has 5 heteroatoms. The molecule has 19 heavy (non-hydrogen) atoms. The molecule has 0 aliphatic heterocycles. The van der Waals surface area contributed by atoms with Gasteiger partial charge in [0.05, 0.1) is 11.1 Å². The van der Waals surface area contributed by atoms with Gasteiger partial charge in [-0.15, -0.1) is 0 Å². The highest BCUT2D eigenvalue weighted by Gasteiger charge is 2.16. The number of hydrogen-bond donors (Lipinski definition) is 1. The zero-order valence-electron chi connectivity index (χ0n) is 10.1. The normalized spacial score (nSPS) is 10.8. The van der Waals surface area contributed by atoms with Crippen molar-refractivity contribution in [2.24, 2.45) is 0 Å². The van der Waals surface area contributed by atoms with Crippen LogP contribution in [0.4, 0.5) is 0 Å². The highest BCUT2D eigenvalue weighted by molar-refractivity contribution is 5.95. The molecule has 0 atom stereocenters. The van der Waals surface area contributed by atoms with Crippen LogP contribution in [-0.2, 0) is 0 Å². The van der Waals surface area contributed by atoms with Gasteiger partial charge in [0.1, 0.15) is 0 Å². The number of nitrogens with zero attached hydrogens (tertiary/aromatic N) is 2. The van der Waals surface area contributed by atoms with Gasteiger partial charge < -0.3 is 9.52 Å². The number of fused-ring (bicyclic) bond motifs is 1. The number of aromatic carboxylic acids is 1. The first-order valence-corrected chi connectivity index (χ1v) is 5.72. The molecule has 0 amide bonds. The molecule has 3 aromatic rings. The number of aryl methyl sites for hydroxylation is 1. The molecule has 1 aromatic carbocycles. The lowest BCUT2D eigenvalue weighted by Crippen LogP contribution is -1.98. The second-order valence-corrected chi connectivity index (χ2v) is 4.14. The van der Waals surface area contributed by atoms with Crippen LogP contribution in [0.1, 0.15) is 16.1 Å². The average molecular weight is 254 g/mol. The maximum Gasteiger partial charge on any atom is 0.336 e. The number of aromatic nitrogens is 2. The molecule has 5 nitrogen and oxygen atoms in total. The summed E-state index contributed by atoms with van der Waals surface area (Å²) in [4.78, 5) is 19.7. The first-order valence-electron chi connectivity index (χ1n) is 5.72. The summed E-state index contributed by atoms with van der Waals surface area (Å²) in [6, 6.07) is 10.2. The van der Waals surface area contributed by atoms with Crippen LogP contribution in [0.5, 0.6) is 0 Å². The number of carboxylic acids is 1. The Morgan fingerprint density at radius 2 is 1.95 bits per heavy atom. The molecule has 1 N–H and O–H groups in total. The van der Waals surface area contributed by atoms with E-state index in [1.165, 1.54) is 6.07 Å². The van der Waals surface area contributed by atoms with Gasteiger partial charge in [0, 0.05) is 5.69 Å². The van der Waals surface area contributed by atoms with Gasteiger partial charge in [-0.3, -0.25) is 0 Å². The van der Waals surface area contributed by atoms with Crippen molar-refractivity contribution in [1.29, 1.82) is 0 Å². The number of benzene rings is 1. The Morgan fingerprint density at radius 1 is 1.16 bits per heavy atom. The standard InChI is InChI=1S/C14H10N2O3/c1-8-6-7-11-12(15-8)16-13(19-11)9-4-2-3-5-10(9)14(17)18/h2-7H,1H3,(H,17,18). The van der Waals surface area contributed by atoms with E-state index >= 15 is 0 Å². The Kier molecular flexibility index (Phi) is 2.52. The number of carbonyl (C=O) groups is 1. The maximum absolute atomic E-state index is 11.2. The minimum absolute atomic E-state index is 0.158. The molecule has 2 heterocycles. The van der Waals surface area contributed by atoms with E-state index in [1.54, 1.807) is 24.3 Å². The fourth-order valence-corrected chi connectivity index (χ4v) is 1.88. The molecule has 0 saturated heterocycles. The van der Waals surface area contributed by atoms with E-state index in [2.05, 4.69) is 9.97 Å². The fraction of sp³-hybridized carbons (Fsp3) is 0.0714. The first-order chi connectivity index (χ1) is 9.15. The number of hydrogen-bond acceptors (Lipinski definition) is 4. The van der Waals surface area contributed by atoms with Gasteiger partial charge in [0.25, 0.3) is 0 Å². The van der Waals surface area contributed by atoms with E-state index < -0.39 is 5.97 Å². The van der Waals surface area contributed by atoms with Gasteiger partial charge in [0.2, 0.25) is 5.89 Å². The molecule has 0 aliphatic rings. The van der Waals surface area contributed by atoms with Crippen molar-refractivity contribution in [3.8, 4) is 11.5 Å². The Morgan fingerprint density at radius 3 is 2.74 bits per heavy atom. The van der Waals surface area contributed by atoms with Crippen LogP contribution in [0, 0.1) is 6.92 Å². The fourth-order valence-electron chi connectivity index (χ4n) is 1.88.